The van der Waals surface area contributed by atoms with Crippen molar-refractivity contribution >= 4 is 28.3 Å². The number of amides is 1. The highest BCUT2D eigenvalue weighted by atomic mass is 16.7. The predicted molar refractivity (Wildman–Crippen MR) is 111 cm³/mol. The molecule has 3 aromatic carbocycles. The lowest BCUT2D eigenvalue weighted by molar-refractivity contribution is 0.101. The van der Waals surface area contributed by atoms with Gasteiger partial charge in [0.05, 0.1) is 5.69 Å². The van der Waals surface area contributed by atoms with Gasteiger partial charge in [-0.1, -0.05) is 30.3 Å². The van der Waals surface area contributed by atoms with Crippen LogP contribution < -0.4 is 14.8 Å². The van der Waals surface area contributed by atoms with Crippen molar-refractivity contribution in [1.29, 1.82) is 0 Å². The number of nitrogens with one attached hydrogen (secondary N) is 1. The summed E-state index contributed by atoms with van der Waals surface area (Å²) >= 11 is 0. The van der Waals surface area contributed by atoms with Gasteiger partial charge in [-0.15, -0.1) is 0 Å². The van der Waals surface area contributed by atoms with Crippen LogP contribution in [-0.2, 0) is 0 Å². The van der Waals surface area contributed by atoms with Gasteiger partial charge in [0.1, 0.15) is 5.58 Å². The van der Waals surface area contributed by atoms with Crippen molar-refractivity contribution in [1.82, 2.24) is 0 Å². The number of carbonyl (C=O) groups excluding carboxylic acids is 2. The van der Waals surface area contributed by atoms with Crippen LogP contribution in [0.25, 0.3) is 11.0 Å². The Morgan fingerprint density at radius 2 is 1.67 bits per heavy atom. The SMILES string of the molecule is Cc1ccccc1C(=O)Nc1c(C(=O)c2ccc3c(c2)OCO3)oc2ccccc12. The fourth-order valence-corrected chi connectivity index (χ4v) is 3.51. The third-order valence-electron chi connectivity index (χ3n) is 5.06. The molecular weight excluding hydrogens is 382 g/mol. The molecule has 1 N–H and O–H groups in total. The first kappa shape index (κ1) is 18.0. The van der Waals surface area contributed by atoms with Crippen LogP contribution in [0.3, 0.4) is 0 Å². The smallest absolute Gasteiger partial charge is 0.256 e. The minimum atomic E-state index is -0.357. The molecule has 6 heteroatoms. The molecule has 0 radical (unpaired) electrons. The Labute approximate surface area is 172 Å². The maximum atomic E-state index is 13.3. The summed E-state index contributed by atoms with van der Waals surface area (Å²) in [6.45, 7) is 1.98. The van der Waals surface area contributed by atoms with Crippen molar-refractivity contribution in [3.8, 4) is 11.5 Å². The van der Waals surface area contributed by atoms with Gasteiger partial charge in [0.25, 0.3) is 5.91 Å². The molecule has 0 fully saturated rings. The van der Waals surface area contributed by atoms with Crippen LogP contribution in [0, 0.1) is 6.92 Å². The van der Waals surface area contributed by atoms with E-state index in [0.717, 1.165) is 5.56 Å². The number of furan rings is 1. The number of ketones is 1. The number of benzene rings is 3. The summed E-state index contributed by atoms with van der Waals surface area (Å²) in [5, 5.41) is 3.54. The lowest BCUT2D eigenvalue weighted by atomic mass is 10.1. The molecule has 1 aliphatic heterocycles. The number of hydrogen-bond donors (Lipinski definition) is 1. The van der Waals surface area contributed by atoms with Crippen molar-refractivity contribution in [3.05, 3.63) is 89.2 Å². The standard InChI is InChI=1S/C24H17NO5/c1-14-6-2-3-7-16(14)24(27)25-21-17-8-4-5-9-18(17)30-23(21)22(26)15-10-11-19-20(12-15)29-13-28-19/h2-12H,13H2,1H3,(H,25,27). The first-order valence-electron chi connectivity index (χ1n) is 9.44. The highest BCUT2D eigenvalue weighted by Gasteiger charge is 2.25. The van der Waals surface area contributed by atoms with E-state index in [-0.39, 0.29) is 24.2 Å². The number of para-hydroxylation sites is 1. The third kappa shape index (κ3) is 2.99. The van der Waals surface area contributed by atoms with Crippen LogP contribution in [0.5, 0.6) is 11.5 Å². The van der Waals surface area contributed by atoms with Gasteiger partial charge >= 0.3 is 0 Å². The Morgan fingerprint density at radius 1 is 0.900 bits per heavy atom. The van der Waals surface area contributed by atoms with Crippen LogP contribution in [0.4, 0.5) is 5.69 Å². The van der Waals surface area contributed by atoms with Crippen LogP contribution in [0.15, 0.2) is 71.1 Å². The largest absolute Gasteiger partial charge is 0.454 e. The van der Waals surface area contributed by atoms with Crippen molar-refractivity contribution in [2.24, 2.45) is 0 Å². The highest BCUT2D eigenvalue weighted by molar-refractivity contribution is 6.19. The number of anilines is 1. The summed E-state index contributed by atoms with van der Waals surface area (Å²) in [6.07, 6.45) is 0. The predicted octanol–water partition coefficient (Wildman–Crippen LogP) is 4.95. The molecule has 1 amide bonds. The molecule has 1 aromatic heterocycles. The Morgan fingerprint density at radius 3 is 2.53 bits per heavy atom. The van der Waals surface area contributed by atoms with Gasteiger partial charge < -0.3 is 19.2 Å². The third-order valence-corrected chi connectivity index (χ3v) is 5.06. The van der Waals surface area contributed by atoms with E-state index in [1.165, 1.54) is 0 Å². The number of carbonyl (C=O) groups is 2. The molecule has 4 aromatic rings. The fourth-order valence-electron chi connectivity index (χ4n) is 3.51. The molecule has 0 aliphatic carbocycles. The van der Waals surface area contributed by atoms with Gasteiger partial charge in [0.2, 0.25) is 12.6 Å². The van der Waals surface area contributed by atoms with Gasteiger partial charge in [-0.2, -0.15) is 0 Å². The number of rotatable bonds is 4. The summed E-state index contributed by atoms with van der Waals surface area (Å²) in [4.78, 5) is 26.2. The zero-order chi connectivity index (χ0) is 20.7. The number of ether oxygens (including phenoxy) is 2. The molecule has 1 aliphatic rings. The van der Waals surface area contributed by atoms with E-state index in [9.17, 15) is 9.59 Å². The summed E-state index contributed by atoms with van der Waals surface area (Å²) in [5.74, 6) is 0.493. The molecule has 0 saturated carbocycles. The molecule has 0 spiro atoms. The fraction of sp³-hybridized carbons (Fsp3) is 0.0833. The van der Waals surface area contributed by atoms with Gasteiger partial charge in [-0.3, -0.25) is 9.59 Å². The van der Waals surface area contributed by atoms with E-state index in [4.69, 9.17) is 13.9 Å². The monoisotopic (exact) mass is 399 g/mol. The van der Waals surface area contributed by atoms with E-state index in [1.807, 2.05) is 37.3 Å². The van der Waals surface area contributed by atoms with Gasteiger partial charge in [-0.05, 0) is 48.9 Å². The number of aryl methyl sites for hydroxylation is 1. The second kappa shape index (κ2) is 7.08. The summed E-state index contributed by atoms with van der Waals surface area (Å²) in [5.41, 5.74) is 2.61. The van der Waals surface area contributed by atoms with Gasteiger partial charge in [0, 0.05) is 16.5 Å². The van der Waals surface area contributed by atoms with Crippen molar-refractivity contribution in [2.45, 2.75) is 6.92 Å². The maximum Gasteiger partial charge on any atom is 0.256 e. The van der Waals surface area contributed by atoms with Gasteiger partial charge in [-0.25, -0.2) is 0 Å². The summed E-state index contributed by atoms with van der Waals surface area (Å²) in [6, 6.07) is 19.4. The van der Waals surface area contributed by atoms with Crippen molar-refractivity contribution < 1.29 is 23.5 Å². The molecule has 0 saturated heterocycles. The molecule has 0 bridgehead atoms. The normalized spacial score (nSPS) is 12.2. The maximum absolute atomic E-state index is 13.3. The minimum Gasteiger partial charge on any atom is -0.454 e. The van der Waals surface area contributed by atoms with E-state index >= 15 is 0 Å². The van der Waals surface area contributed by atoms with Crippen LogP contribution in [0.2, 0.25) is 0 Å². The van der Waals surface area contributed by atoms with Crippen LogP contribution in [-0.4, -0.2) is 18.5 Å². The Hall–Kier alpha value is -4.06. The Balaban J connectivity index is 1.58. The zero-order valence-electron chi connectivity index (χ0n) is 16.1. The number of hydrogen-bond acceptors (Lipinski definition) is 5. The Kier molecular flexibility index (Phi) is 4.25. The molecule has 30 heavy (non-hydrogen) atoms. The van der Waals surface area contributed by atoms with Crippen molar-refractivity contribution in [2.75, 3.05) is 12.1 Å². The molecule has 148 valence electrons. The topological polar surface area (TPSA) is 77.8 Å². The second-order valence-electron chi connectivity index (χ2n) is 6.97. The zero-order valence-corrected chi connectivity index (χ0v) is 16.1. The second-order valence-corrected chi connectivity index (χ2v) is 6.97. The molecular formula is C24H17NO5. The number of fused-ring (bicyclic) bond motifs is 2. The lowest BCUT2D eigenvalue weighted by Crippen LogP contribution is -2.15. The molecule has 2 heterocycles. The molecule has 0 unspecified atom stereocenters. The minimum absolute atomic E-state index is 0.0667. The first-order valence-corrected chi connectivity index (χ1v) is 9.44. The highest BCUT2D eigenvalue weighted by Crippen LogP contribution is 2.36. The average molecular weight is 399 g/mol. The van der Waals surface area contributed by atoms with Crippen molar-refractivity contribution in [3.63, 3.8) is 0 Å². The molecule has 6 nitrogen and oxygen atoms in total. The molecule has 0 atom stereocenters. The average Bonchev–Trinajstić information content (AvgIpc) is 3.38. The van der Waals surface area contributed by atoms with Crippen LogP contribution >= 0.6 is 0 Å². The lowest BCUT2D eigenvalue weighted by Gasteiger charge is -2.08. The molecule has 5 rings (SSSR count). The van der Waals surface area contributed by atoms with E-state index in [1.54, 1.807) is 36.4 Å². The van der Waals surface area contributed by atoms with E-state index < -0.39 is 0 Å². The Bertz CT molecular complexity index is 1300. The summed E-state index contributed by atoms with van der Waals surface area (Å²) < 4.78 is 16.6. The quantitative estimate of drug-likeness (QED) is 0.491. The van der Waals surface area contributed by atoms with E-state index in [2.05, 4.69) is 5.32 Å². The van der Waals surface area contributed by atoms with Crippen LogP contribution in [0.1, 0.15) is 32.0 Å². The summed E-state index contributed by atoms with van der Waals surface area (Å²) in [7, 11) is 0. The van der Waals surface area contributed by atoms with E-state index in [0.29, 0.717) is 39.3 Å². The first-order chi connectivity index (χ1) is 14.6. The van der Waals surface area contributed by atoms with Gasteiger partial charge in [0.15, 0.2) is 17.3 Å².